The lowest BCUT2D eigenvalue weighted by atomic mass is 9.70. The average Bonchev–Trinajstić information content (AvgIpc) is 2.79. The van der Waals surface area contributed by atoms with E-state index in [1.54, 1.807) is 0 Å². The van der Waals surface area contributed by atoms with Gasteiger partial charge in [0.15, 0.2) is 0 Å². The summed E-state index contributed by atoms with van der Waals surface area (Å²) in [4.78, 5) is 12.3. The molecular weight excluding hydrogens is 224 g/mol. The standard InChI is InChI=1S/C15H24N2O/c1-9-6-10-7-11(9)13(16)12(10)14(18)17-8-15(2)4-3-5-15/h10-13H,1,3-8,16H2,2H3,(H,17,18)/t10-,11-,12+,13-/m1/s1. The van der Waals surface area contributed by atoms with Crippen LogP contribution in [0.25, 0.3) is 0 Å². The van der Waals surface area contributed by atoms with Crippen molar-refractivity contribution in [3.05, 3.63) is 12.2 Å². The van der Waals surface area contributed by atoms with Crippen molar-refractivity contribution in [2.75, 3.05) is 6.54 Å². The molecule has 3 rings (SSSR count). The molecule has 0 radical (unpaired) electrons. The third-order valence-electron chi connectivity index (χ3n) is 5.55. The van der Waals surface area contributed by atoms with E-state index < -0.39 is 0 Å². The van der Waals surface area contributed by atoms with Gasteiger partial charge >= 0.3 is 0 Å². The lowest BCUT2D eigenvalue weighted by Crippen LogP contribution is -2.48. The highest BCUT2D eigenvalue weighted by Crippen LogP contribution is 2.50. The Morgan fingerprint density at radius 2 is 2.28 bits per heavy atom. The molecule has 3 saturated carbocycles. The van der Waals surface area contributed by atoms with E-state index in [-0.39, 0.29) is 17.9 Å². The van der Waals surface area contributed by atoms with Gasteiger partial charge in [0.1, 0.15) is 0 Å². The Hall–Kier alpha value is -0.830. The fourth-order valence-electron chi connectivity index (χ4n) is 4.10. The van der Waals surface area contributed by atoms with Gasteiger partial charge in [0, 0.05) is 12.6 Å². The van der Waals surface area contributed by atoms with E-state index in [1.165, 1.54) is 24.8 Å². The highest BCUT2D eigenvalue weighted by Gasteiger charge is 2.51. The molecular formula is C15H24N2O. The molecule has 0 unspecified atom stereocenters. The lowest BCUT2D eigenvalue weighted by molar-refractivity contribution is -0.127. The molecule has 0 aromatic carbocycles. The van der Waals surface area contributed by atoms with Crippen molar-refractivity contribution in [1.82, 2.24) is 5.32 Å². The first-order valence-electron chi connectivity index (χ1n) is 7.21. The van der Waals surface area contributed by atoms with E-state index in [9.17, 15) is 4.79 Å². The Labute approximate surface area is 109 Å². The van der Waals surface area contributed by atoms with Crippen molar-refractivity contribution in [1.29, 1.82) is 0 Å². The topological polar surface area (TPSA) is 55.1 Å². The van der Waals surface area contributed by atoms with Crippen molar-refractivity contribution < 1.29 is 4.79 Å². The Bertz CT molecular complexity index is 384. The zero-order chi connectivity index (χ0) is 12.9. The minimum atomic E-state index is 0.00504. The summed E-state index contributed by atoms with van der Waals surface area (Å²) in [6, 6.07) is 0.00504. The van der Waals surface area contributed by atoms with Crippen LogP contribution in [0.4, 0.5) is 0 Å². The van der Waals surface area contributed by atoms with Gasteiger partial charge in [-0.05, 0) is 42.9 Å². The van der Waals surface area contributed by atoms with Gasteiger partial charge in [-0.2, -0.15) is 0 Å². The molecule has 18 heavy (non-hydrogen) atoms. The number of hydrogen-bond acceptors (Lipinski definition) is 2. The van der Waals surface area contributed by atoms with Gasteiger partial charge in [0.2, 0.25) is 5.91 Å². The molecule has 0 aliphatic heterocycles. The number of rotatable bonds is 3. The predicted octanol–water partition coefficient (Wildman–Crippen LogP) is 1.83. The maximum Gasteiger partial charge on any atom is 0.225 e. The molecule has 0 saturated heterocycles. The molecule has 0 heterocycles. The summed E-state index contributed by atoms with van der Waals surface area (Å²) in [6.45, 7) is 7.17. The molecule has 3 aliphatic rings. The number of nitrogens with two attached hydrogens (primary N) is 1. The molecule has 100 valence electrons. The first kappa shape index (κ1) is 12.2. The molecule has 2 bridgehead atoms. The van der Waals surface area contributed by atoms with Crippen molar-refractivity contribution in [2.45, 2.75) is 45.1 Å². The molecule has 3 N–H and O–H groups in total. The summed E-state index contributed by atoms with van der Waals surface area (Å²) in [5, 5.41) is 3.15. The van der Waals surface area contributed by atoms with Crippen LogP contribution in [0, 0.1) is 23.2 Å². The number of carbonyl (C=O) groups is 1. The van der Waals surface area contributed by atoms with Gasteiger partial charge < -0.3 is 11.1 Å². The second-order valence-electron chi connectivity index (χ2n) is 6.95. The lowest BCUT2D eigenvalue weighted by Gasteiger charge is -2.39. The first-order chi connectivity index (χ1) is 8.50. The van der Waals surface area contributed by atoms with Gasteiger partial charge in [-0.15, -0.1) is 0 Å². The maximum atomic E-state index is 12.3. The number of fused-ring (bicyclic) bond motifs is 2. The van der Waals surface area contributed by atoms with E-state index >= 15 is 0 Å². The van der Waals surface area contributed by atoms with Crippen molar-refractivity contribution in [2.24, 2.45) is 28.9 Å². The molecule has 1 amide bonds. The van der Waals surface area contributed by atoms with E-state index in [1.807, 2.05) is 0 Å². The number of hydrogen-bond donors (Lipinski definition) is 2. The van der Waals surface area contributed by atoms with Crippen molar-refractivity contribution in [3.8, 4) is 0 Å². The quantitative estimate of drug-likeness (QED) is 0.749. The van der Waals surface area contributed by atoms with Crippen LogP contribution in [-0.4, -0.2) is 18.5 Å². The zero-order valence-corrected chi connectivity index (χ0v) is 11.2. The number of amides is 1. The molecule has 0 aromatic rings. The number of nitrogens with one attached hydrogen (secondary N) is 1. The van der Waals surface area contributed by atoms with Crippen LogP contribution in [0.1, 0.15) is 39.0 Å². The normalized spacial score (nSPS) is 40.7. The maximum absolute atomic E-state index is 12.3. The summed E-state index contributed by atoms with van der Waals surface area (Å²) in [6.07, 6.45) is 5.88. The first-order valence-corrected chi connectivity index (χ1v) is 7.21. The van der Waals surface area contributed by atoms with Crippen molar-refractivity contribution >= 4 is 5.91 Å². The molecule has 3 heteroatoms. The summed E-state index contributed by atoms with van der Waals surface area (Å²) in [5.74, 6) is 1.07. The molecule has 3 aliphatic carbocycles. The van der Waals surface area contributed by atoms with Crippen LogP contribution in [0.2, 0.25) is 0 Å². The fourth-order valence-corrected chi connectivity index (χ4v) is 4.10. The molecule has 0 spiro atoms. The van der Waals surface area contributed by atoms with E-state index in [2.05, 4.69) is 18.8 Å². The fraction of sp³-hybridized carbons (Fsp3) is 0.800. The van der Waals surface area contributed by atoms with Crippen molar-refractivity contribution in [3.63, 3.8) is 0 Å². The van der Waals surface area contributed by atoms with Gasteiger partial charge in [0.05, 0.1) is 5.92 Å². The molecule has 3 nitrogen and oxygen atoms in total. The summed E-state index contributed by atoms with van der Waals surface area (Å²) >= 11 is 0. The van der Waals surface area contributed by atoms with Crippen LogP contribution in [0.5, 0.6) is 0 Å². The Balaban J connectivity index is 1.58. The van der Waals surface area contributed by atoms with E-state index in [0.29, 0.717) is 17.3 Å². The SMILES string of the molecule is C=C1C[C@@H]2C[C@H]1[C@@H](N)[C@H]2C(=O)NCC1(C)CCC1. The van der Waals surface area contributed by atoms with E-state index in [4.69, 9.17) is 5.73 Å². The minimum Gasteiger partial charge on any atom is -0.355 e. The second kappa shape index (κ2) is 4.09. The third kappa shape index (κ3) is 1.80. The second-order valence-corrected chi connectivity index (χ2v) is 6.95. The largest absolute Gasteiger partial charge is 0.355 e. The highest BCUT2D eigenvalue weighted by atomic mass is 16.1. The average molecular weight is 248 g/mol. The minimum absolute atomic E-state index is 0.00504. The summed E-state index contributed by atoms with van der Waals surface area (Å²) in [5.41, 5.74) is 7.83. The highest BCUT2D eigenvalue weighted by molar-refractivity contribution is 5.80. The molecule has 3 fully saturated rings. The van der Waals surface area contributed by atoms with Crippen LogP contribution in [0.15, 0.2) is 12.2 Å². The van der Waals surface area contributed by atoms with Crippen LogP contribution in [-0.2, 0) is 4.79 Å². The van der Waals surface area contributed by atoms with Crippen LogP contribution >= 0.6 is 0 Å². The third-order valence-corrected chi connectivity index (χ3v) is 5.55. The Kier molecular flexibility index (Phi) is 2.77. The smallest absolute Gasteiger partial charge is 0.225 e. The van der Waals surface area contributed by atoms with Gasteiger partial charge in [-0.25, -0.2) is 0 Å². The van der Waals surface area contributed by atoms with Gasteiger partial charge in [-0.1, -0.05) is 25.5 Å². The zero-order valence-electron chi connectivity index (χ0n) is 11.2. The van der Waals surface area contributed by atoms with Gasteiger partial charge in [0.25, 0.3) is 0 Å². The molecule has 4 atom stereocenters. The van der Waals surface area contributed by atoms with Crippen LogP contribution in [0.3, 0.4) is 0 Å². The molecule has 0 aromatic heterocycles. The predicted molar refractivity (Wildman–Crippen MR) is 71.8 cm³/mol. The van der Waals surface area contributed by atoms with E-state index in [0.717, 1.165) is 19.4 Å². The number of carbonyl (C=O) groups excluding carboxylic acids is 1. The Morgan fingerprint density at radius 3 is 2.78 bits per heavy atom. The van der Waals surface area contributed by atoms with Crippen LogP contribution < -0.4 is 11.1 Å². The Morgan fingerprint density at radius 1 is 1.56 bits per heavy atom. The summed E-state index contributed by atoms with van der Waals surface area (Å²) < 4.78 is 0. The monoisotopic (exact) mass is 248 g/mol. The van der Waals surface area contributed by atoms with Gasteiger partial charge in [-0.3, -0.25) is 4.79 Å². The summed E-state index contributed by atoms with van der Waals surface area (Å²) in [7, 11) is 0.